The molecule has 0 saturated carbocycles. The highest BCUT2D eigenvalue weighted by molar-refractivity contribution is 6.24. The highest BCUT2D eigenvalue weighted by atomic mass is 16.3. The summed E-state index contributed by atoms with van der Waals surface area (Å²) < 4.78 is 11.4. The number of fused-ring (bicyclic) bond motifs is 8. The zero-order chi connectivity index (χ0) is 38.9. The Morgan fingerprint density at radius 2 is 0.898 bits per heavy atom. The molecule has 0 atom stereocenters. The molecule has 0 aliphatic rings. The number of aromatic nitrogens is 5. The molecular weight excluding hydrogens is 723 g/mol. The first kappa shape index (κ1) is 33.1. The summed E-state index contributed by atoms with van der Waals surface area (Å²) in [5.41, 5.74) is 13.7. The van der Waals surface area contributed by atoms with Gasteiger partial charge in [-0.25, -0.2) is 15.0 Å². The van der Waals surface area contributed by atoms with Crippen molar-refractivity contribution < 1.29 is 4.42 Å². The van der Waals surface area contributed by atoms with E-state index in [9.17, 15) is 0 Å². The molecule has 0 fully saturated rings. The summed E-state index contributed by atoms with van der Waals surface area (Å²) in [6.45, 7) is 0. The van der Waals surface area contributed by atoms with Gasteiger partial charge in [-0.1, -0.05) is 133 Å². The third-order valence-electron chi connectivity index (χ3n) is 11.4. The second-order valence-electron chi connectivity index (χ2n) is 14.8. The molecule has 0 spiro atoms. The van der Waals surface area contributed by atoms with Crippen molar-refractivity contribution in [2.45, 2.75) is 0 Å². The predicted molar refractivity (Wildman–Crippen MR) is 240 cm³/mol. The van der Waals surface area contributed by atoms with Crippen LogP contribution in [0.5, 0.6) is 0 Å². The lowest BCUT2D eigenvalue weighted by Gasteiger charge is -2.13. The molecule has 0 bridgehead atoms. The Morgan fingerprint density at radius 1 is 0.373 bits per heavy atom. The summed E-state index contributed by atoms with van der Waals surface area (Å²) in [5, 5.41) is 4.68. The van der Waals surface area contributed by atoms with E-state index in [1.54, 1.807) is 0 Å². The van der Waals surface area contributed by atoms with Gasteiger partial charge < -0.3 is 13.6 Å². The summed E-state index contributed by atoms with van der Waals surface area (Å²) in [5.74, 6) is 1.28. The quantitative estimate of drug-likeness (QED) is 0.170. The van der Waals surface area contributed by atoms with Crippen molar-refractivity contribution in [1.29, 1.82) is 0 Å². The Hall–Kier alpha value is -8.09. The van der Waals surface area contributed by atoms with Gasteiger partial charge >= 0.3 is 0 Å². The van der Waals surface area contributed by atoms with E-state index in [1.807, 2.05) is 72.8 Å². The van der Waals surface area contributed by atoms with Gasteiger partial charge in [0.2, 0.25) is 5.89 Å². The molecule has 276 valence electrons. The lowest BCUT2D eigenvalue weighted by molar-refractivity contribution is 0.618. The molecule has 0 amide bonds. The first-order valence-electron chi connectivity index (χ1n) is 19.8. The summed E-state index contributed by atoms with van der Waals surface area (Å²) >= 11 is 0. The fourth-order valence-corrected chi connectivity index (χ4v) is 8.68. The van der Waals surface area contributed by atoms with E-state index in [1.165, 1.54) is 16.2 Å². The van der Waals surface area contributed by atoms with Crippen LogP contribution in [0.2, 0.25) is 0 Å². The molecule has 12 aromatic rings. The summed E-state index contributed by atoms with van der Waals surface area (Å²) in [6.07, 6.45) is 0. The van der Waals surface area contributed by atoms with E-state index in [0.29, 0.717) is 11.7 Å². The van der Waals surface area contributed by atoms with E-state index in [4.69, 9.17) is 19.4 Å². The van der Waals surface area contributed by atoms with Crippen molar-refractivity contribution in [1.82, 2.24) is 24.1 Å². The average molecular weight is 756 g/mol. The van der Waals surface area contributed by atoms with Crippen LogP contribution in [0.1, 0.15) is 0 Å². The molecule has 8 aromatic carbocycles. The zero-order valence-electron chi connectivity index (χ0n) is 31.7. The molecule has 0 saturated heterocycles. The van der Waals surface area contributed by atoms with Gasteiger partial charge in [0.25, 0.3) is 0 Å². The highest BCUT2D eigenvalue weighted by Gasteiger charge is 2.23. The molecule has 59 heavy (non-hydrogen) atoms. The maximum atomic E-state index is 6.67. The van der Waals surface area contributed by atoms with Crippen LogP contribution >= 0.6 is 0 Å². The van der Waals surface area contributed by atoms with Crippen molar-refractivity contribution in [3.05, 3.63) is 200 Å². The van der Waals surface area contributed by atoms with Gasteiger partial charge in [-0.3, -0.25) is 0 Å². The lowest BCUT2D eigenvalue weighted by Crippen LogP contribution is -1.99. The Kier molecular flexibility index (Phi) is 7.43. The first-order chi connectivity index (χ1) is 29.3. The second-order valence-corrected chi connectivity index (χ2v) is 14.8. The SMILES string of the molecule is c1ccc(-c2cc(-c3ccccc3)nc(-c3ccc(-n4c5ccccc5c5ccc6c7ccccc7n(-c7cccc8nc(-c9ccccc9)oc78)c6c54)cc3)n2)cc1. The minimum atomic E-state index is 0.599. The van der Waals surface area contributed by atoms with E-state index in [0.717, 1.165) is 83.6 Å². The summed E-state index contributed by atoms with van der Waals surface area (Å²) in [7, 11) is 0. The van der Waals surface area contributed by atoms with Crippen LogP contribution in [0.15, 0.2) is 205 Å². The van der Waals surface area contributed by atoms with Crippen LogP contribution in [0.4, 0.5) is 0 Å². The highest BCUT2D eigenvalue weighted by Crippen LogP contribution is 2.43. The molecule has 4 aromatic heterocycles. The van der Waals surface area contributed by atoms with Gasteiger partial charge in [0.15, 0.2) is 11.4 Å². The molecule has 0 aliphatic heterocycles. The molecule has 12 rings (SSSR count). The largest absolute Gasteiger partial charge is 0.434 e. The zero-order valence-corrected chi connectivity index (χ0v) is 31.7. The smallest absolute Gasteiger partial charge is 0.227 e. The van der Waals surface area contributed by atoms with Gasteiger partial charge in [-0.05, 0) is 66.7 Å². The number of para-hydroxylation sites is 3. The number of hydrogen-bond acceptors (Lipinski definition) is 4. The second kappa shape index (κ2) is 13.3. The fraction of sp³-hybridized carbons (Fsp3) is 0. The van der Waals surface area contributed by atoms with Crippen LogP contribution in [0.3, 0.4) is 0 Å². The molecule has 4 heterocycles. The predicted octanol–water partition coefficient (Wildman–Crippen LogP) is 13.5. The van der Waals surface area contributed by atoms with Crippen molar-refractivity contribution in [3.8, 4) is 56.7 Å². The standard InChI is InChI=1S/C53H33N5O/c1-4-15-34(16-5-1)44-33-45(35-17-6-2-7-18-35)55-52(54-44)36-27-29-38(30-28-36)57-46-24-12-10-21-39(46)41-31-32-42-40-22-11-13-25-47(40)58(50(42)49(41)57)48-26-14-23-43-51(48)59-53(56-43)37-19-8-3-9-20-37/h1-33H. The topological polar surface area (TPSA) is 61.7 Å². The van der Waals surface area contributed by atoms with Crippen LogP contribution in [-0.2, 0) is 0 Å². The van der Waals surface area contributed by atoms with Crippen molar-refractivity contribution >= 4 is 54.7 Å². The molecule has 0 N–H and O–H groups in total. The van der Waals surface area contributed by atoms with E-state index in [2.05, 4.69) is 137 Å². The third-order valence-corrected chi connectivity index (χ3v) is 11.4. The number of benzene rings is 8. The average Bonchev–Trinajstić information content (AvgIpc) is 4.01. The number of rotatable bonds is 6. The minimum absolute atomic E-state index is 0.599. The molecule has 0 aliphatic carbocycles. The van der Waals surface area contributed by atoms with Crippen LogP contribution in [-0.4, -0.2) is 24.1 Å². The molecule has 0 radical (unpaired) electrons. The maximum absolute atomic E-state index is 6.67. The molecule has 6 heteroatoms. The van der Waals surface area contributed by atoms with E-state index in [-0.39, 0.29) is 0 Å². The molecular formula is C53H33N5O. The Morgan fingerprint density at radius 3 is 1.51 bits per heavy atom. The van der Waals surface area contributed by atoms with Crippen LogP contribution < -0.4 is 0 Å². The van der Waals surface area contributed by atoms with Crippen molar-refractivity contribution in [2.75, 3.05) is 0 Å². The fourth-order valence-electron chi connectivity index (χ4n) is 8.68. The third kappa shape index (κ3) is 5.31. The summed E-state index contributed by atoms with van der Waals surface area (Å²) in [6, 6.07) is 69.6. The summed E-state index contributed by atoms with van der Waals surface area (Å²) in [4.78, 5) is 15.2. The lowest BCUT2D eigenvalue weighted by atomic mass is 10.1. The van der Waals surface area contributed by atoms with Crippen LogP contribution in [0, 0.1) is 0 Å². The Balaban J connectivity index is 1.09. The first-order valence-corrected chi connectivity index (χ1v) is 19.8. The number of oxazole rings is 1. The number of hydrogen-bond donors (Lipinski definition) is 0. The van der Waals surface area contributed by atoms with Crippen molar-refractivity contribution in [2.24, 2.45) is 0 Å². The monoisotopic (exact) mass is 755 g/mol. The molecule has 0 unspecified atom stereocenters. The normalized spacial score (nSPS) is 11.7. The number of nitrogens with zero attached hydrogens (tertiary/aromatic N) is 5. The maximum Gasteiger partial charge on any atom is 0.227 e. The Labute approximate surface area is 338 Å². The van der Waals surface area contributed by atoms with Gasteiger partial charge in [-0.2, -0.15) is 0 Å². The van der Waals surface area contributed by atoms with Gasteiger partial charge in [0.1, 0.15) is 5.52 Å². The van der Waals surface area contributed by atoms with Gasteiger partial charge in [0, 0.05) is 49.5 Å². The minimum Gasteiger partial charge on any atom is -0.434 e. The van der Waals surface area contributed by atoms with Gasteiger partial charge in [0.05, 0.1) is 39.1 Å². The molecule has 6 nitrogen and oxygen atoms in total. The van der Waals surface area contributed by atoms with Crippen LogP contribution in [0.25, 0.3) is 111 Å². The van der Waals surface area contributed by atoms with Crippen molar-refractivity contribution in [3.63, 3.8) is 0 Å². The Bertz CT molecular complexity index is 3470. The van der Waals surface area contributed by atoms with E-state index < -0.39 is 0 Å². The van der Waals surface area contributed by atoms with Gasteiger partial charge in [-0.15, -0.1) is 0 Å². The van der Waals surface area contributed by atoms with E-state index >= 15 is 0 Å².